The maximum absolute atomic E-state index is 12.3. The Hall–Kier alpha value is -4.50. The van der Waals surface area contributed by atoms with Gasteiger partial charge in [0.2, 0.25) is 0 Å². The summed E-state index contributed by atoms with van der Waals surface area (Å²) in [4.78, 5) is 59.9. The molecule has 2 aliphatic heterocycles. The summed E-state index contributed by atoms with van der Waals surface area (Å²) < 4.78 is 0. The molecule has 9 heteroatoms. The Morgan fingerprint density at radius 3 is 1.49 bits per heavy atom. The summed E-state index contributed by atoms with van der Waals surface area (Å²) in [6.45, 7) is 3.99. The highest BCUT2D eigenvalue weighted by atomic mass is 79.9. The predicted octanol–water partition coefficient (Wildman–Crippen LogP) is 5.78. The summed E-state index contributed by atoms with van der Waals surface area (Å²) in [5.74, 6) is -0.497. The molecule has 8 nitrogen and oxygen atoms in total. The summed E-state index contributed by atoms with van der Waals surface area (Å²) in [5, 5.41) is 0. The van der Waals surface area contributed by atoms with Crippen molar-refractivity contribution in [3.05, 3.63) is 119 Å². The topological polar surface area (TPSA) is 101 Å². The first-order chi connectivity index (χ1) is 18.8. The number of aromatic nitrogens is 2. The Morgan fingerprint density at radius 1 is 0.667 bits per heavy atom. The lowest BCUT2D eigenvalue weighted by Gasteiger charge is -2.14. The molecule has 0 saturated carbocycles. The fourth-order valence-corrected chi connectivity index (χ4v) is 4.69. The Labute approximate surface area is 233 Å². The van der Waals surface area contributed by atoms with Gasteiger partial charge in [0.1, 0.15) is 11.6 Å². The zero-order chi connectivity index (χ0) is 27.7. The summed E-state index contributed by atoms with van der Waals surface area (Å²) in [7, 11) is 0. The average Bonchev–Trinajstić information content (AvgIpc) is 3.38. The molecule has 1 atom stereocenters. The number of carbonyl (C=O) groups is 4. The summed E-state index contributed by atoms with van der Waals surface area (Å²) in [6.07, 6.45) is 4.06. The van der Waals surface area contributed by atoms with Crippen LogP contribution in [0.15, 0.2) is 85.2 Å². The number of nitrogens with zero attached hydrogens (tertiary/aromatic N) is 4. The normalized spacial score (nSPS) is 14.6. The van der Waals surface area contributed by atoms with Crippen LogP contribution in [0.5, 0.6) is 0 Å². The lowest BCUT2D eigenvalue weighted by Crippen LogP contribution is -2.30. The minimum atomic E-state index is -0.322. The number of halogens is 1. The molecule has 0 radical (unpaired) electrons. The molecule has 0 fully saturated rings. The van der Waals surface area contributed by atoms with E-state index in [0.717, 1.165) is 27.3 Å². The van der Waals surface area contributed by atoms with Crippen LogP contribution in [0.25, 0.3) is 0 Å². The number of imide groups is 2. The van der Waals surface area contributed by atoms with Gasteiger partial charge in [-0.25, -0.2) is 19.8 Å². The molecule has 6 rings (SSSR count). The molecule has 39 heavy (non-hydrogen) atoms. The van der Waals surface area contributed by atoms with Crippen LogP contribution in [0.3, 0.4) is 0 Å². The van der Waals surface area contributed by atoms with E-state index in [1.165, 1.54) is 0 Å². The number of fused-ring (bicyclic) bond motifs is 2. The van der Waals surface area contributed by atoms with Crippen LogP contribution in [-0.4, -0.2) is 33.6 Å². The molecule has 0 bridgehead atoms. The third kappa shape index (κ3) is 4.77. The molecule has 4 heterocycles. The number of carbonyl (C=O) groups excluding carboxylic acids is 4. The van der Waals surface area contributed by atoms with Crippen molar-refractivity contribution in [3.63, 3.8) is 0 Å². The fraction of sp³-hybridized carbons (Fsp3) is 0.133. The minimum Gasteiger partial charge on any atom is -0.268 e. The minimum absolute atomic E-state index is 0.124. The highest BCUT2D eigenvalue weighted by molar-refractivity contribution is 9.09. The van der Waals surface area contributed by atoms with E-state index in [2.05, 4.69) is 25.9 Å². The Balaban J connectivity index is 0.000000158. The number of anilines is 2. The maximum atomic E-state index is 12.3. The molecular weight excluding hydrogens is 560 g/mol. The number of rotatable bonds is 4. The zero-order valence-corrected chi connectivity index (χ0v) is 22.8. The predicted molar refractivity (Wildman–Crippen MR) is 150 cm³/mol. The van der Waals surface area contributed by atoms with E-state index < -0.39 is 0 Å². The first-order valence-electron chi connectivity index (χ1n) is 12.3. The molecule has 2 aromatic carbocycles. The van der Waals surface area contributed by atoms with Crippen molar-refractivity contribution in [2.24, 2.45) is 0 Å². The largest absolute Gasteiger partial charge is 0.268 e. The van der Waals surface area contributed by atoms with Crippen LogP contribution in [-0.2, 0) is 6.42 Å². The molecule has 4 amide bonds. The van der Waals surface area contributed by atoms with Crippen molar-refractivity contribution in [1.29, 1.82) is 0 Å². The van der Waals surface area contributed by atoms with Crippen LogP contribution in [0.4, 0.5) is 11.6 Å². The molecular formula is C30H23BrN4O4. The summed E-state index contributed by atoms with van der Waals surface area (Å²) >= 11 is 3.47. The number of hydrogen-bond acceptors (Lipinski definition) is 6. The second kappa shape index (κ2) is 10.7. The second-order valence-electron chi connectivity index (χ2n) is 8.92. The third-order valence-electron chi connectivity index (χ3n) is 6.49. The first kappa shape index (κ1) is 26.1. The van der Waals surface area contributed by atoms with Crippen LogP contribution >= 0.6 is 15.9 Å². The number of hydrogen-bond donors (Lipinski definition) is 0. The lowest BCUT2D eigenvalue weighted by atomic mass is 10.1. The number of benzene rings is 2. The molecule has 4 aromatic rings. The van der Waals surface area contributed by atoms with Gasteiger partial charge in [0.15, 0.2) is 0 Å². The van der Waals surface area contributed by atoms with Gasteiger partial charge in [0.25, 0.3) is 23.6 Å². The number of amides is 4. The lowest BCUT2D eigenvalue weighted by molar-refractivity contribution is 0.0909. The first-order valence-corrected chi connectivity index (χ1v) is 13.2. The van der Waals surface area contributed by atoms with Crippen molar-refractivity contribution in [1.82, 2.24) is 9.97 Å². The van der Waals surface area contributed by atoms with Crippen LogP contribution < -0.4 is 9.80 Å². The molecule has 0 N–H and O–H groups in total. The van der Waals surface area contributed by atoms with E-state index in [1.807, 2.05) is 26.0 Å². The van der Waals surface area contributed by atoms with Crippen LogP contribution in [0.1, 0.15) is 71.2 Å². The van der Waals surface area contributed by atoms with Gasteiger partial charge >= 0.3 is 0 Å². The molecule has 0 spiro atoms. The van der Waals surface area contributed by atoms with Crippen molar-refractivity contribution in [2.75, 3.05) is 9.80 Å². The van der Waals surface area contributed by atoms with Gasteiger partial charge in [0, 0.05) is 17.2 Å². The van der Waals surface area contributed by atoms with Gasteiger partial charge in [-0.3, -0.25) is 19.2 Å². The van der Waals surface area contributed by atoms with Crippen molar-refractivity contribution < 1.29 is 19.2 Å². The summed E-state index contributed by atoms with van der Waals surface area (Å²) in [6, 6.07) is 20.9. The molecule has 2 aliphatic rings. The van der Waals surface area contributed by atoms with Gasteiger partial charge in [0.05, 0.1) is 22.3 Å². The van der Waals surface area contributed by atoms with Crippen molar-refractivity contribution >= 4 is 51.2 Å². The summed E-state index contributed by atoms with van der Waals surface area (Å²) in [5.41, 5.74) is 3.74. The van der Waals surface area contributed by atoms with E-state index in [-0.39, 0.29) is 28.5 Å². The van der Waals surface area contributed by atoms with Gasteiger partial charge < -0.3 is 0 Å². The van der Waals surface area contributed by atoms with E-state index >= 15 is 0 Å². The molecule has 194 valence electrons. The Kier molecular flexibility index (Phi) is 7.17. The SMILES string of the molecule is CC(Br)c1ccnc(N2C(=O)c3ccccc3C2=O)c1.CCc1ccnc(N2C(=O)c3ccccc3C2=O)c1. The third-order valence-corrected chi connectivity index (χ3v) is 7.02. The van der Waals surface area contributed by atoms with Crippen molar-refractivity contribution in [3.8, 4) is 0 Å². The molecule has 2 aromatic heterocycles. The van der Waals surface area contributed by atoms with Gasteiger partial charge in [-0.15, -0.1) is 0 Å². The van der Waals surface area contributed by atoms with E-state index in [0.29, 0.717) is 33.9 Å². The smallest absolute Gasteiger partial charge is 0.267 e. The number of pyridine rings is 2. The molecule has 1 unspecified atom stereocenters. The monoisotopic (exact) mass is 582 g/mol. The fourth-order valence-electron chi connectivity index (χ4n) is 4.40. The van der Waals surface area contributed by atoms with Gasteiger partial charge in [-0.05, 0) is 73.0 Å². The standard InChI is InChI=1S/C15H11BrN2O2.C15H12N2O2/c1-9(16)10-6-7-17-13(8-10)18-14(19)11-4-2-3-5-12(11)15(18)20;1-2-10-7-8-16-13(9-10)17-14(18)11-5-3-4-6-12(11)15(17)19/h2-9H,1H3;3-9H,2H2,1H3. The highest BCUT2D eigenvalue weighted by Gasteiger charge is 2.38. The van der Waals surface area contributed by atoms with Crippen LogP contribution in [0.2, 0.25) is 0 Å². The Morgan fingerprint density at radius 2 is 1.08 bits per heavy atom. The second-order valence-corrected chi connectivity index (χ2v) is 10.3. The van der Waals surface area contributed by atoms with Crippen LogP contribution in [0, 0.1) is 0 Å². The van der Waals surface area contributed by atoms with Gasteiger partial charge in [-0.2, -0.15) is 0 Å². The quantitative estimate of drug-likeness (QED) is 0.223. The highest BCUT2D eigenvalue weighted by Crippen LogP contribution is 2.30. The van der Waals surface area contributed by atoms with E-state index in [9.17, 15) is 19.2 Å². The number of alkyl halides is 1. The van der Waals surface area contributed by atoms with E-state index in [4.69, 9.17) is 0 Å². The number of aryl methyl sites for hydroxylation is 1. The maximum Gasteiger partial charge on any atom is 0.267 e. The molecule has 0 saturated heterocycles. The van der Waals surface area contributed by atoms with E-state index in [1.54, 1.807) is 73.1 Å². The Bertz CT molecular complexity index is 1560. The van der Waals surface area contributed by atoms with Crippen molar-refractivity contribution in [2.45, 2.75) is 25.1 Å². The zero-order valence-electron chi connectivity index (χ0n) is 21.2. The van der Waals surface area contributed by atoms with Gasteiger partial charge in [-0.1, -0.05) is 47.1 Å². The molecule has 0 aliphatic carbocycles. The average molecular weight is 583 g/mol.